The van der Waals surface area contributed by atoms with Gasteiger partial charge in [0.25, 0.3) is 10.1 Å². The molecule has 1 aliphatic carbocycles. The topological polar surface area (TPSA) is 79.1 Å². The van der Waals surface area contributed by atoms with E-state index < -0.39 is 10.1 Å². The molecule has 0 aliphatic heterocycles. The second kappa shape index (κ2) is 4.46. The molecule has 5 nitrogen and oxygen atoms in total. The summed E-state index contributed by atoms with van der Waals surface area (Å²) in [5.74, 6) is 0. The summed E-state index contributed by atoms with van der Waals surface area (Å²) >= 11 is 4.25. The molecule has 0 aromatic carbocycles. The lowest BCUT2D eigenvalue weighted by atomic mass is 10.0. The van der Waals surface area contributed by atoms with Crippen LogP contribution in [0.4, 0.5) is 0 Å². The van der Waals surface area contributed by atoms with E-state index in [9.17, 15) is 8.42 Å². The zero-order valence-corrected chi connectivity index (χ0v) is 10.1. The predicted molar refractivity (Wildman–Crippen MR) is 63.7 cm³/mol. The van der Waals surface area contributed by atoms with Gasteiger partial charge in [0, 0.05) is 19.3 Å². The summed E-state index contributed by atoms with van der Waals surface area (Å²) in [4.78, 5) is 7.58. The molecule has 15 heavy (non-hydrogen) atoms. The van der Waals surface area contributed by atoms with E-state index in [1.807, 2.05) is 0 Å². The van der Waals surface area contributed by atoms with Crippen LogP contribution in [0, 0.1) is 0 Å². The summed E-state index contributed by atoms with van der Waals surface area (Å²) in [5, 5.41) is -0.181. The van der Waals surface area contributed by atoms with E-state index >= 15 is 0 Å². The Morgan fingerprint density at radius 3 is 2.47 bits per heavy atom. The molecule has 1 unspecified atom stereocenters. The lowest BCUT2D eigenvalue weighted by molar-refractivity contribution is 0.492. The van der Waals surface area contributed by atoms with Gasteiger partial charge >= 0.3 is 0 Å². The molecule has 0 saturated heterocycles. The number of thiol groups is 1. The summed E-state index contributed by atoms with van der Waals surface area (Å²) < 4.78 is 31.1. The van der Waals surface area contributed by atoms with Gasteiger partial charge in [-0.25, -0.2) is 0 Å². The number of aliphatic imine (C=N–C) groups is 2. The molecule has 1 aliphatic rings. The Morgan fingerprint density at radius 1 is 1.47 bits per heavy atom. The highest BCUT2D eigenvalue weighted by Gasteiger charge is 2.30. The molecule has 0 bridgehead atoms. The average Bonchev–Trinajstić information content (AvgIpc) is 2.15. The maximum Gasteiger partial charge on any atom is 0.296 e. The minimum absolute atomic E-state index is 0.181. The van der Waals surface area contributed by atoms with Gasteiger partial charge < -0.3 is 0 Å². The predicted octanol–water partition coefficient (Wildman–Crippen LogP) is 0.602. The van der Waals surface area contributed by atoms with Crippen molar-refractivity contribution in [1.82, 2.24) is 0 Å². The SMILES string of the molecule is CN=C1C(S(=O)(=O)O)=CCC(S)C1=NC. The number of hydrogen-bond donors (Lipinski definition) is 2. The van der Waals surface area contributed by atoms with Crippen LogP contribution >= 0.6 is 12.6 Å². The third kappa shape index (κ3) is 2.47. The van der Waals surface area contributed by atoms with Crippen molar-refractivity contribution in [2.24, 2.45) is 9.98 Å². The zero-order valence-electron chi connectivity index (χ0n) is 8.38. The van der Waals surface area contributed by atoms with Crippen molar-refractivity contribution in [3.63, 3.8) is 0 Å². The Morgan fingerprint density at radius 2 is 2.07 bits per heavy atom. The molecule has 7 heteroatoms. The van der Waals surface area contributed by atoms with Gasteiger partial charge in [0.15, 0.2) is 0 Å². The van der Waals surface area contributed by atoms with Gasteiger partial charge in [0.05, 0.1) is 11.4 Å². The van der Waals surface area contributed by atoms with Gasteiger partial charge in [-0.15, -0.1) is 0 Å². The zero-order chi connectivity index (χ0) is 11.6. The fourth-order valence-corrected chi connectivity index (χ4v) is 2.51. The van der Waals surface area contributed by atoms with Crippen molar-refractivity contribution in [2.75, 3.05) is 14.1 Å². The van der Waals surface area contributed by atoms with E-state index in [0.29, 0.717) is 12.1 Å². The van der Waals surface area contributed by atoms with Crippen molar-refractivity contribution in [1.29, 1.82) is 0 Å². The standard InChI is InChI=1S/C8H12N2O3S2/c1-9-7-5(14)3-4-6(8(7)10-2)15(11,12)13/h4-5,14H,3H2,1-2H3,(H,11,12,13). The van der Waals surface area contributed by atoms with Crippen molar-refractivity contribution in [3.05, 3.63) is 11.0 Å². The normalized spacial score (nSPS) is 28.3. The first-order valence-electron chi connectivity index (χ1n) is 4.21. The lowest BCUT2D eigenvalue weighted by Gasteiger charge is -2.20. The van der Waals surface area contributed by atoms with Gasteiger partial charge in [-0.3, -0.25) is 14.5 Å². The van der Waals surface area contributed by atoms with E-state index in [2.05, 4.69) is 22.6 Å². The number of rotatable bonds is 1. The molecule has 0 radical (unpaired) electrons. The second-order valence-electron chi connectivity index (χ2n) is 2.98. The summed E-state index contributed by atoms with van der Waals surface area (Å²) in [7, 11) is -1.25. The van der Waals surface area contributed by atoms with Crippen LogP contribution in [0.3, 0.4) is 0 Å². The highest BCUT2D eigenvalue weighted by atomic mass is 32.2. The molecule has 0 heterocycles. The number of hydrogen-bond acceptors (Lipinski definition) is 5. The van der Waals surface area contributed by atoms with Crippen LogP contribution < -0.4 is 0 Å². The van der Waals surface area contributed by atoms with Gasteiger partial charge in [-0.2, -0.15) is 21.0 Å². The smallest absolute Gasteiger partial charge is 0.290 e. The molecule has 0 fully saturated rings. The number of nitrogens with zero attached hydrogens (tertiary/aromatic N) is 2. The molecule has 0 aromatic heterocycles. The van der Waals surface area contributed by atoms with E-state index in [1.54, 1.807) is 0 Å². The van der Waals surface area contributed by atoms with Crippen LogP contribution in [0.15, 0.2) is 21.0 Å². The van der Waals surface area contributed by atoms with E-state index in [1.165, 1.54) is 20.2 Å². The Kier molecular flexibility index (Phi) is 3.69. The maximum atomic E-state index is 11.1. The third-order valence-electron chi connectivity index (χ3n) is 2.06. The van der Waals surface area contributed by atoms with Crippen LogP contribution in [-0.4, -0.2) is 43.7 Å². The summed E-state index contributed by atoms with van der Waals surface area (Å²) in [5.41, 5.74) is 0.669. The van der Waals surface area contributed by atoms with Gasteiger partial charge in [-0.1, -0.05) is 6.08 Å². The molecule has 1 rings (SSSR count). The monoisotopic (exact) mass is 248 g/mol. The minimum Gasteiger partial charge on any atom is -0.290 e. The Labute approximate surface area is 94.2 Å². The van der Waals surface area contributed by atoms with Crippen LogP contribution in [0.25, 0.3) is 0 Å². The van der Waals surface area contributed by atoms with Gasteiger partial charge in [-0.05, 0) is 6.42 Å². The van der Waals surface area contributed by atoms with E-state index in [-0.39, 0.29) is 15.9 Å². The highest BCUT2D eigenvalue weighted by molar-refractivity contribution is 7.91. The van der Waals surface area contributed by atoms with Crippen molar-refractivity contribution in [2.45, 2.75) is 11.7 Å². The number of allylic oxidation sites excluding steroid dienone is 2. The third-order valence-corrected chi connectivity index (χ3v) is 3.43. The molecule has 0 spiro atoms. The summed E-state index contributed by atoms with van der Waals surface area (Å²) in [6.45, 7) is 0. The summed E-state index contributed by atoms with van der Waals surface area (Å²) in [6, 6.07) is 0. The fraction of sp³-hybridized carbons (Fsp3) is 0.500. The molecule has 0 saturated carbocycles. The first-order chi connectivity index (χ1) is 6.91. The van der Waals surface area contributed by atoms with E-state index in [0.717, 1.165) is 0 Å². The van der Waals surface area contributed by atoms with E-state index in [4.69, 9.17) is 4.55 Å². The molecule has 0 aromatic rings. The highest BCUT2D eigenvalue weighted by Crippen LogP contribution is 2.21. The molecule has 1 atom stereocenters. The minimum atomic E-state index is -4.24. The molecular formula is C8H12N2O3S2. The van der Waals surface area contributed by atoms with Crippen LogP contribution in [0.1, 0.15) is 6.42 Å². The van der Waals surface area contributed by atoms with Crippen LogP contribution in [0.2, 0.25) is 0 Å². The molecule has 84 valence electrons. The molecular weight excluding hydrogens is 236 g/mol. The lowest BCUT2D eigenvalue weighted by Crippen LogP contribution is -2.32. The Balaban J connectivity index is 3.34. The fourth-order valence-electron chi connectivity index (χ4n) is 1.42. The first-order valence-corrected chi connectivity index (χ1v) is 6.17. The van der Waals surface area contributed by atoms with Crippen molar-refractivity contribution in [3.8, 4) is 0 Å². The Hall–Kier alpha value is -0.660. The van der Waals surface area contributed by atoms with Gasteiger partial charge in [0.1, 0.15) is 4.91 Å². The average molecular weight is 248 g/mol. The van der Waals surface area contributed by atoms with Crippen LogP contribution in [-0.2, 0) is 10.1 Å². The van der Waals surface area contributed by atoms with Crippen molar-refractivity contribution < 1.29 is 13.0 Å². The molecule has 0 amide bonds. The van der Waals surface area contributed by atoms with Gasteiger partial charge in [0.2, 0.25) is 0 Å². The summed E-state index contributed by atoms with van der Waals surface area (Å²) in [6.07, 6.45) is 1.81. The van der Waals surface area contributed by atoms with Crippen molar-refractivity contribution >= 4 is 34.2 Å². The second-order valence-corrected chi connectivity index (χ2v) is 4.99. The largest absolute Gasteiger partial charge is 0.296 e. The quantitative estimate of drug-likeness (QED) is 0.527. The first kappa shape index (κ1) is 12.4. The maximum absolute atomic E-state index is 11.1. The Bertz CT molecular complexity index is 449. The van der Waals surface area contributed by atoms with Crippen LogP contribution in [0.5, 0.6) is 0 Å². The molecule has 1 N–H and O–H groups in total.